The largest absolute Gasteiger partial charge is 0.368 e. The molecular weight excluding hydrogens is 248 g/mol. The first-order valence-electron chi connectivity index (χ1n) is 6.08. The Morgan fingerprint density at radius 2 is 2.33 bits per heavy atom. The average Bonchev–Trinajstić information content (AvgIpc) is 2.74. The van der Waals surface area contributed by atoms with Gasteiger partial charge in [0.15, 0.2) is 0 Å². The van der Waals surface area contributed by atoms with Crippen LogP contribution in [0.15, 0.2) is 17.3 Å². The van der Waals surface area contributed by atoms with Crippen molar-refractivity contribution in [3.8, 4) is 0 Å². The van der Waals surface area contributed by atoms with Gasteiger partial charge in [-0.3, -0.25) is 9.48 Å². The second kappa shape index (κ2) is 6.80. The highest BCUT2D eigenvalue weighted by Crippen LogP contribution is 2.20. The maximum atomic E-state index is 11.3. The monoisotopic (exact) mass is 270 g/mol. The second-order valence-corrected chi connectivity index (χ2v) is 5.77. The Labute approximate surface area is 112 Å². The number of carbonyl (C=O) groups is 1. The molecule has 6 heteroatoms. The summed E-state index contributed by atoms with van der Waals surface area (Å²) >= 11 is 1.79. The lowest BCUT2D eigenvalue weighted by atomic mass is 9.94. The van der Waals surface area contributed by atoms with Gasteiger partial charge in [0, 0.05) is 18.1 Å². The molecule has 1 atom stereocenters. The number of rotatable bonds is 8. The normalized spacial score (nSPS) is 14.4. The number of carbonyl (C=O) groups excluding carboxylic acids is 1. The molecule has 102 valence electrons. The fraction of sp³-hybridized carbons (Fsp3) is 0.667. The van der Waals surface area contributed by atoms with Crippen LogP contribution in [0.2, 0.25) is 0 Å². The van der Waals surface area contributed by atoms with Gasteiger partial charge in [0.05, 0.1) is 11.7 Å². The van der Waals surface area contributed by atoms with Crippen molar-refractivity contribution >= 4 is 17.7 Å². The van der Waals surface area contributed by atoms with Gasteiger partial charge >= 0.3 is 0 Å². The second-order valence-electron chi connectivity index (χ2n) is 4.60. The van der Waals surface area contributed by atoms with Crippen LogP contribution in [0.5, 0.6) is 0 Å². The molecule has 18 heavy (non-hydrogen) atoms. The summed E-state index contributed by atoms with van der Waals surface area (Å²) in [5.41, 5.74) is 4.79. The molecule has 1 amide bonds. The number of hydrogen-bond donors (Lipinski definition) is 2. The Bertz CT molecular complexity index is 393. The average molecular weight is 270 g/mol. The van der Waals surface area contributed by atoms with E-state index in [0.29, 0.717) is 0 Å². The Balaban J connectivity index is 2.20. The first kappa shape index (κ1) is 15.0. The third-order valence-corrected chi connectivity index (χ3v) is 4.15. The highest BCUT2D eigenvalue weighted by atomic mass is 32.2. The van der Waals surface area contributed by atoms with E-state index >= 15 is 0 Å². The first-order valence-corrected chi connectivity index (χ1v) is 7.07. The van der Waals surface area contributed by atoms with Crippen LogP contribution in [0.25, 0.3) is 0 Å². The number of nitrogens with one attached hydrogen (secondary N) is 1. The molecule has 1 aromatic rings. The minimum atomic E-state index is -0.584. The van der Waals surface area contributed by atoms with E-state index in [2.05, 4.69) is 10.4 Å². The minimum absolute atomic E-state index is 0.287. The van der Waals surface area contributed by atoms with Gasteiger partial charge in [-0.05, 0) is 32.6 Å². The van der Waals surface area contributed by atoms with Crippen LogP contribution >= 0.6 is 11.8 Å². The molecule has 0 aliphatic carbocycles. The number of hydrogen-bond acceptors (Lipinski definition) is 4. The smallest absolute Gasteiger partial charge is 0.237 e. The maximum absolute atomic E-state index is 11.3. The Kier molecular flexibility index (Phi) is 5.68. The number of likely N-dealkylation sites (N-methyl/N-ethyl adjacent to an activating group) is 1. The third-order valence-electron chi connectivity index (χ3n) is 3.12. The van der Waals surface area contributed by atoms with Crippen LogP contribution in [-0.4, -0.2) is 34.0 Å². The van der Waals surface area contributed by atoms with Crippen molar-refractivity contribution in [3.63, 3.8) is 0 Å². The van der Waals surface area contributed by atoms with E-state index in [1.807, 2.05) is 26.4 Å². The zero-order chi connectivity index (χ0) is 13.6. The van der Waals surface area contributed by atoms with Crippen molar-refractivity contribution in [2.75, 3.05) is 12.8 Å². The van der Waals surface area contributed by atoms with Crippen LogP contribution in [0.1, 0.15) is 26.2 Å². The standard InChI is InChI=1S/C12H22N4OS/c1-12(14-2,11(13)17)6-4-5-7-18-10-8-15-16(3)9-10/h8-9,14H,4-7H2,1-3H3,(H2,13,17). The molecule has 1 aromatic heterocycles. The predicted molar refractivity (Wildman–Crippen MR) is 74.4 cm³/mol. The summed E-state index contributed by atoms with van der Waals surface area (Å²) in [5.74, 6) is 0.745. The molecule has 0 spiro atoms. The number of thioether (sulfide) groups is 1. The van der Waals surface area contributed by atoms with Crippen LogP contribution in [-0.2, 0) is 11.8 Å². The van der Waals surface area contributed by atoms with Crippen LogP contribution in [0.4, 0.5) is 0 Å². The quantitative estimate of drug-likeness (QED) is 0.549. The van der Waals surface area contributed by atoms with Gasteiger partial charge in [0.25, 0.3) is 0 Å². The number of primary amides is 1. The van der Waals surface area contributed by atoms with E-state index in [-0.39, 0.29) is 5.91 Å². The molecule has 1 rings (SSSR count). The number of nitrogens with zero attached hydrogens (tertiary/aromatic N) is 2. The fourth-order valence-corrected chi connectivity index (χ4v) is 2.55. The lowest BCUT2D eigenvalue weighted by Crippen LogP contribution is -2.51. The number of nitrogens with two attached hydrogens (primary N) is 1. The highest BCUT2D eigenvalue weighted by Gasteiger charge is 2.27. The zero-order valence-corrected chi connectivity index (χ0v) is 12.1. The van der Waals surface area contributed by atoms with Crippen molar-refractivity contribution in [2.24, 2.45) is 12.8 Å². The Hall–Kier alpha value is -1.01. The Morgan fingerprint density at radius 3 is 2.83 bits per heavy atom. The van der Waals surface area contributed by atoms with Gasteiger partial charge in [0.2, 0.25) is 5.91 Å². The van der Waals surface area contributed by atoms with Crippen molar-refractivity contribution in [1.29, 1.82) is 0 Å². The summed E-state index contributed by atoms with van der Waals surface area (Å²) in [6.07, 6.45) is 6.68. The number of amides is 1. The number of aromatic nitrogens is 2. The molecule has 0 aliphatic rings. The zero-order valence-electron chi connectivity index (χ0n) is 11.3. The topological polar surface area (TPSA) is 72.9 Å². The summed E-state index contributed by atoms with van der Waals surface area (Å²) in [6.45, 7) is 1.85. The predicted octanol–water partition coefficient (Wildman–Crippen LogP) is 1.15. The summed E-state index contributed by atoms with van der Waals surface area (Å²) in [4.78, 5) is 12.5. The first-order chi connectivity index (χ1) is 8.48. The lowest BCUT2D eigenvalue weighted by Gasteiger charge is -2.25. The SMILES string of the molecule is CNC(C)(CCCCSc1cnn(C)c1)C(N)=O. The lowest BCUT2D eigenvalue weighted by molar-refractivity contribution is -0.123. The molecule has 3 N–H and O–H groups in total. The van der Waals surface area contributed by atoms with Crippen molar-refractivity contribution in [1.82, 2.24) is 15.1 Å². The maximum Gasteiger partial charge on any atom is 0.237 e. The molecule has 0 aliphatic heterocycles. The molecule has 5 nitrogen and oxygen atoms in total. The molecule has 0 bridgehead atoms. The van der Waals surface area contributed by atoms with Crippen molar-refractivity contribution in [2.45, 2.75) is 36.6 Å². The Morgan fingerprint density at radius 1 is 1.61 bits per heavy atom. The van der Waals surface area contributed by atoms with Crippen LogP contribution < -0.4 is 11.1 Å². The van der Waals surface area contributed by atoms with Gasteiger partial charge in [-0.25, -0.2) is 0 Å². The van der Waals surface area contributed by atoms with E-state index in [0.717, 1.165) is 25.0 Å². The molecule has 0 fully saturated rings. The van der Waals surface area contributed by atoms with E-state index in [9.17, 15) is 4.79 Å². The fourth-order valence-electron chi connectivity index (χ4n) is 1.62. The van der Waals surface area contributed by atoms with Crippen molar-refractivity contribution < 1.29 is 4.79 Å². The van der Waals surface area contributed by atoms with E-state index < -0.39 is 5.54 Å². The van der Waals surface area contributed by atoms with Gasteiger partial charge in [-0.1, -0.05) is 6.42 Å². The van der Waals surface area contributed by atoms with Gasteiger partial charge < -0.3 is 11.1 Å². The molecule has 0 saturated heterocycles. The minimum Gasteiger partial charge on any atom is -0.368 e. The molecule has 0 radical (unpaired) electrons. The number of aryl methyl sites for hydroxylation is 1. The molecule has 0 saturated carbocycles. The van der Waals surface area contributed by atoms with Gasteiger partial charge in [-0.2, -0.15) is 5.10 Å². The van der Waals surface area contributed by atoms with E-state index in [1.54, 1.807) is 23.5 Å². The summed E-state index contributed by atoms with van der Waals surface area (Å²) in [7, 11) is 3.68. The molecular formula is C12H22N4OS. The van der Waals surface area contributed by atoms with Gasteiger partial charge in [-0.15, -0.1) is 11.8 Å². The van der Waals surface area contributed by atoms with Crippen LogP contribution in [0, 0.1) is 0 Å². The summed E-state index contributed by atoms with van der Waals surface area (Å²) in [6, 6.07) is 0. The molecule has 0 aromatic carbocycles. The molecule has 1 unspecified atom stereocenters. The summed E-state index contributed by atoms with van der Waals surface area (Å²) in [5, 5.41) is 7.11. The van der Waals surface area contributed by atoms with E-state index in [4.69, 9.17) is 5.73 Å². The van der Waals surface area contributed by atoms with Gasteiger partial charge in [0.1, 0.15) is 0 Å². The molecule has 1 heterocycles. The summed E-state index contributed by atoms with van der Waals surface area (Å²) < 4.78 is 1.80. The third kappa shape index (κ3) is 4.34. The van der Waals surface area contributed by atoms with Crippen molar-refractivity contribution in [3.05, 3.63) is 12.4 Å². The number of unbranched alkanes of at least 4 members (excludes halogenated alkanes) is 1. The highest BCUT2D eigenvalue weighted by molar-refractivity contribution is 7.99. The van der Waals surface area contributed by atoms with E-state index in [1.165, 1.54) is 4.90 Å². The van der Waals surface area contributed by atoms with Crippen LogP contribution in [0.3, 0.4) is 0 Å².